The maximum absolute atomic E-state index is 12.4. The Kier molecular flexibility index (Phi) is 14.5. The van der Waals surface area contributed by atoms with Crippen LogP contribution in [0, 0.1) is 0 Å². The Morgan fingerprint density at radius 1 is 1.14 bits per heavy atom. The molecule has 0 fully saturated rings. The van der Waals surface area contributed by atoms with Gasteiger partial charge in [0.25, 0.3) is 0 Å². The minimum atomic E-state index is 0. The third-order valence-corrected chi connectivity index (χ3v) is 4.30. The molecule has 0 aliphatic heterocycles. The van der Waals surface area contributed by atoms with Crippen LogP contribution in [0.2, 0.25) is 0 Å². The average molecular weight is 519 g/mol. The number of carbonyl (C=O) groups excluding carboxylic acids is 1. The van der Waals surface area contributed by atoms with E-state index >= 15 is 0 Å². The lowest BCUT2D eigenvalue weighted by molar-refractivity contribution is -0.131. The fourth-order valence-electron chi connectivity index (χ4n) is 2.67. The molecular formula is C21H38IN5O2. The highest BCUT2D eigenvalue weighted by molar-refractivity contribution is 14.0. The lowest BCUT2D eigenvalue weighted by atomic mass is 10.2. The van der Waals surface area contributed by atoms with E-state index in [-0.39, 0.29) is 29.9 Å². The summed E-state index contributed by atoms with van der Waals surface area (Å²) in [5, 5.41) is 3.26. The van der Waals surface area contributed by atoms with E-state index in [0.29, 0.717) is 19.7 Å². The van der Waals surface area contributed by atoms with Crippen LogP contribution in [0.25, 0.3) is 0 Å². The second-order valence-electron chi connectivity index (χ2n) is 6.89. The van der Waals surface area contributed by atoms with Gasteiger partial charge in [-0.05, 0) is 52.6 Å². The zero-order valence-electron chi connectivity index (χ0n) is 18.8. The van der Waals surface area contributed by atoms with E-state index in [0.717, 1.165) is 43.5 Å². The topological polar surface area (TPSA) is 60.4 Å². The van der Waals surface area contributed by atoms with Gasteiger partial charge in [0.05, 0.1) is 13.1 Å². The monoisotopic (exact) mass is 519 g/mol. The Labute approximate surface area is 193 Å². The zero-order valence-corrected chi connectivity index (χ0v) is 21.1. The molecule has 8 heteroatoms. The van der Waals surface area contributed by atoms with E-state index in [2.05, 4.69) is 10.2 Å². The number of benzene rings is 1. The van der Waals surface area contributed by atoms with Gasteiger partial charge >= 0.3 is 0 Å². The van der Waals surface area contributed by atoms with Crippen LogP contribution in [0.5, 0.6) is 5.75 Å². The summed E-state index contributed by atoms with van der Waals surface area (Å²) in [4.78, 5) is 22.9. The third-order valence-electron chi connectivity index (χ3n) is 4.30. The van der Waals surface area contributed by atoms with Crippen LogP contribution < -0.4 is 10.1 Å². The van der Waals surface area contributed by atoms with Crippen molar-refractivity contribution < 1.29 is 9.53 Å². The molecule has 0 aliphatic carbocycles. The maximum atomic E-state index is 12.4. The zero-order chi connectivity index (χ0) is 20.9. The van der Waals surface area contributed by atoms with Gasteiger partial charge in [-0.2, -0.15) is 0 Å². The van der Waals surface area contributed by atoms with Crippen molar-refractivity contribution in [2.75, 3.05) is 60.5 Å². The molecule has 1 aromatic carbocycles. The molecule has 0 heterocycles. The SMILES string of the molecule is CCNC(=NCc1cccc(OCCN(C)C)c1)N(C)CC(=O)N(CC)CC.I. The molecule has 166 valence electrons. The number of rotatable bonds is 11. The minimum absolute atomic E-state index is 0. The van der Waals surface area contributed by atoms with Crippen LogP contribution in [-0.4, -0.2) is 87.0 Å². The Morgan fingerprint density at radius 3 is 2.41 bits per heavy atom. The van der Waals surface area contributed by atoms with Gasteiger partial charge in [-0.25, -0.2) is 4.99 Å². The number of guanidine groups is 1. The maximum Gasteiger partial charge on any atom is 0.242 e. The van der Waals surface area contributed by atoms with Crippen LogP contribution >= 0.6 is 24.0 Å². The molecule has 0 saturated heterocycles. The number of hydrogen-bond acceptors (Lipinski definition) is 4. The second kappa shape index (κ2) is 15.3. The highest BCUT2D eigenvalue weighted by atomic mass is 127. The van der Waals surface area contributed by atoms with Crippen LogP contribution in [-0.2, 0) is 11.3 Å². The van der Waals surface area contributed by atoms with Crippen LogP contribution in [0.15, 0.2) is 29.3 Å². The van der Waals surface area contributed by atoms with Gasteiger partial charge in [-0.3, -0.25) is 4.79 Å². The summed E-state index contributed by atoms with van der Waals surface area (Å²) >= 11 is 0. The Hall–Kier alpha value is -1.55. The summed E-state index contributed by atoms with van der Waals surface area (Å²) in [6.07, 6.45) is 0. The highest BCUT2D eigenvalue weighted by Crippen LogP contribution is 2.14. The van der Waals surface area contributed by atoms with Crippen molar-refractivity contribution in [2.45, 2.75) is 27.3 Å². The van der Waals surface area contributed by atoms with Crippen molar-refractivity contribution in [1.29, 1.82) is 0 Å². The molecule has 0 radical (unpaired) electrons. The number of amides is 1. The first-order valence-electron chi connectivity index (χ1n) is 10.0. The quantitative estimate of drug-likeness (QED) is 0.277. The number of halogens is 1. The van der Waals surface area contributed by atoms with Crippen molar-refractivity contribution in [3.63, 3.8) is 0 Å². The Morgan fingerprint density at radius 2 is 1.83 bits per heavy atom. The second-order valence-corrected chi connectivity index (χ2v) is 6.89. The molecule has 0 saturated carbocycles. The van der Waals surface area contributed by atoms with Gasteiger partial charge in [0.2, 0.25) is 5.91 Å². The van der Waals surface area contributed by atoms with Gasteiger partial charge in [-0.1, -0.05) is 12.1 Å². The molecule has 0 aliphatic rings. The van der Waals surface area contributed by atoms with Crippen molar-refractivity contribution in [3.05, 3.63) is 29.8 Å². The molecular weight excluding hydrogens is 481 g/mol. The van der Waals surface area contributed by atoms with E-state index in [1.54, 1.807) is 0 Å². The third kappa shape index (κ3) is 10.7. The van der Waals surface area contributed by atoms with Crippen molar-refractivity contribution in [2.24, 2.45) is 4.99 Å². The summed E-state index contributed by atoms with van der Waals surface area (Å²) in [7, 11) is 5.94. The number of carbonyl (C=O) groups is 1. The van der Waals surface area contributed by atoms with Crippen molar-refractivity contribution in [1.82, 2.24) is 20.0 Å². The molecule has 0 atom stereocenters. The predicted octanol–water partition coefficient (Wildman–Crippen LogP) is 2.51. The predicted molar refractivity (Wildman–Crippen MR) is 131 cm³/mol. The fraction of sp³-hybridized carbons (Fsp3) is 0.619. The molecule has 0 aromatic heterocycles. The van der Waals surface area contributed by atoms with E-state index in [4.69, 9.17) is 9.73 Å². The van der Waals surface area contributed by atoms with E-state index < -0.39 is 0 Å². The first-order valence-corrected chi connectivity index (χ1v) is 10.0. The van der Waals surface area contributed by atoms with Gasteiger partial charge < -0.3 is 24.8 Å². The first-order chi connectivity index (χ1) is 13.4. The normalized spacial score (nSPS) is 11.1. The summed E-state index contributed by atoms with van der Waals surface area (Å²) in [5.74, 6) is 1.68. The largest absolute Gasteiger partial charge is 0.492 e. The summed E-state index contributed by atoms with van der Waals surface area (Å²) in [5.41, 5.74) is 1.07. The molecule has 1 rings (SSSR count). The lowest BCUT2D eigenvalue weighted by Crippen LogP contribution is -2.45. The first kappa shape index (κ1) is 27.5. The number of hydrogen-bond donors (Lipinski definition) is 1. The number of likely N-dealkylation sites (N-methyl/N-ethyl adjacent to an activating group) is 3. The molecule has 1 aromatic rings. The summed E-state index contributed by atoms with van der Waals surface area (Å²) in [6, 6.07) is 8.00. The van der Waals surface area contributed by atoms with E-state index in [1.165, 1.54) is 0 Å². The van der Waals surface area contributed by atoms with Crippen LogP contribution in [0.4, 0.5) is 0 Å². The summed E-state index contributed by atoms with van der Waals surface area (Å²) in [6.45, 7) is 10.6. The Balaban J connectivity index is 0.00000784. The molecule has 0 unspecified atom stereocenters. The van der Waals surface area contributed by atoms with E-state index in [9.17, 15) is 4.79 Å². The smallest absolute Gasteiger partial charge is 0.242 e. The molecule has 1 amide bonds. The van der Waals surface area contributed by atoms with Crippen LogP contribution in [0.3, 0.4) is 0 Å². The van der Waals surface area contributed by atoms with E-state index in [1.807, 2.05) is 76.0 Å². The lowest BCUT2D eigenvalue weighted by Gasteiger charge is -2.25. The molecule has 7 nitrogen and oxygen atoms in total. The molecule has 29 heavy (non-hydrogen) atoms. The average Bonchev–Trinajstić information content (AvgIpc) is 2.66. The van der Waals surface area contributed by atoms with Gasteiger partial charge in [0.1, 0.15) is 12.4 Å². The molecule has 0 bridgehead atoms. The fourth-order valence-corrected chi connectivity index (χ4v) is 2.67. The van der Waals surface area contributed by atoms with Gasteiger partial charge in [0.15, 0.2) is 5.96 Å². The molecule has 0 spiro atoms. The standard InChI is InChI=1S/C21H37N5O2.HI/c1-7-22-21(25(6)17-20(27)26(8-2)9-3)23-16-18-11-10-12-19(15-18)28-14-13-24(4)5;/h10-12,15H,7-9,13-14,16-17H2,1-6H3,(H,22,23);1H. The van der Waals surface area contributed by atoms with Crippen molar-refractivity contribution >= 4 is 35.8 Å². The van der Waals surface area contributed by atoms with Gasteiger partial charge in [0, 0.05) is 33.2 Å². The number of aliphatic imine (C=N–C) groups is 1. The molecule has 1 N–H and O–H groups in total. The number of ether oxygens (including phenoxy) is 1. The minimum Gasteiger partial charge on any atom is -0.492 e. The highest BCUT2D eigenvalue weighted by Gasteiger charge is 2.15. The number of nitrogens with zero attached hydrogens (tertiary/aromatic N) is 4. The summed E-state index contributed by atoms with van der Waals surface area (Å²) < 4.78 is 5.80. The van der Waals surface area contributed by atoms with Crippen molar-refractivity contribution in [3.8, 4) is 5.75 Å². The van der Waals surface area contributed by atoms with Crippen LogP contribution in [0.1, 0.15) is 26.3 Å². The number of nitrogens with one attached hydrogen (secondary N) is 1. The van der Waals surface area contributed by atoms with Gasteiger partial charge in [-0.15, -0.1) is 24.0 Å². The Bertz CT molecular complexity index is 621.